The van der Waals surface area contributed by atoms with Crippen molar-refractivity contribution in [2.24, 2.45) is 0 Å². The Morgan fingerprint density at radius 1 is 0.968 bits per heavy atom. The second-order valence-corrected chi connectivity index (χ2v) is 8.24. The van der Waals surface area contributed by atoms with Gasteiger partial charge in [-0.25, -0.2) is 14.4 Å². The van der Waals surface area contributed by atoms with Gasteiger partial charge in [-0.05, 0) is 43.0 Å². The highest BCUT2D eigenvalue weighted by Crippen LogP contribution is 2.44. The van der Waals surface area contributed by atoms with Gasteiger partial charge >= 0.3 is 18.2 Å². The Labute approximate surface area is 180 Å². The van der Waals surface area contributed by atoms with Gasteiger partial charge in [-0.15, -0.1) is 0 Å². The summed E-state index contributed by atoms with van der Waals surface area (Å²) in [6, 6.07) is 14.5. The van der Waals surface area contributed by atoms with Crippen LogP contribution in [-0.4, -0.2) is 48.1 Å². The lowest BCUT2D eigenvalue weighted by molar-refractivity contribution is -0.139. The average Bonchev–Trinajstić information content (AvgIpc) is 3.02. The van der Waals surface area contributed by atoms with Crippen LogP contribution < -0.4 is 10.6 Å². The summed E-state index contributed by atoms with van der Waals surface area (Å²) in [5.41, 5.74) is 3.58. The third kappa shape index (κ3) is 5.53. The molecule has 0 spiro atoms. The molecular weight excluding hydrogens is 400 g/mol. The number of rotatable bonds is 6. The average molecular weight is 426 g/mol. The fraction of sp³-hybridized carbons (Fsp3) is 0.348. The largest absolute Gasteiger partial charge is 0.480 e. The summed E-state index contributed by atoms with van der Waals surface area (Å²) in [4.78, 5) is 35.5. The van der Waals surface area contributed by atoms with Gasteiger partial charge in [0.1, 0.15) is 18.2 Å². The first-order valence-electron chi connectivity index (χ1n) is 9.97. The predicted octanol–water partition coefficient (Wildman–Crippen LogP) is 3.50. The minimum absolute atomic E-state index is 0.0612. The van der Waals surface area contributed by atoms with Crippen LogP contribution in [0.3, 0.4) is 0 Å². The van der Waals surface area contributed by atoms with Gasteiger partial charge in [-0.2, -0.15) is 0 Å². The zero-order valence-electron chi connectivity index (χ0n) is 17.7. The summed E-state index contributed by atoms with van der Waals surface area (Å²) in [6.07, 6.45) is -1.65. The van der Waals surface area contributed by atoms with E-state index in [0.29, 0.717) is 0 Å². The van der Waals surface area contributed by atoms with Gasteiger partial charge in [0.25, 0.3) is 0 Å². The highest BCUT2D eigenvalue weighted by Gasteiger charge is 2.30. The molecule has 1 atom stereocenters. The summed E-state index contributed by atoms with van der Waals surface area (Å²) >= 11 is 0. The van der Waals surface area contributed by atoms with Crippen LogP contribution >= 0.6 is 0 Å². The molecule has 1 aliphatic rings. The zero-order chi connectivity index (χ0) is 22.6. The molecular formula is C23H26N2O6. The van der Waals surface area contributed by atoms with E-state index in [1.165, 1.54) is 0 Å². The maximum absolute atomic E-state index is 12.3. The van der Waals surface area contributed by atoms with E-state index in [2.05, 4.69) is 10.6 Å². The van der Waals surface area contributed by atoms with Crippen LogP contribution in [0.4, 0.5) is 9.59 Å². The lowest BCUT2D eigenvalue weighted by Gasteiger charge is -2.21. The minimum Gasteiger partial charge on any atom is -0.480 e. The topological polar surface area (TPSA) is 114 Å². The molecule has 164 valence electrons. The first-order chi connectivity index (χ1) is 14.7. The van der Waals surface area contributed by atoms with Crippen LogP contribution in [0.2, 0.25) is 0 Å². The molecule has 0 bridgehead atoms. The van der Waals surface area contributed by atoms with Gasteiger partial charge in [0.05, 0.1) is 6.54 Å². The van der Waals surface area contributed by atoms with E-state index in [0.717, 1.165) is 22.3 Å². The van der Waals surface area contributed by atoms with Crippen molar-refractivity contribution in [3.63, 3.8) is 0 Å². The number of carboxylic acid groups (broad SMARTS) is 1. The van der Waals surface area contributed by atoms with Crippen LogP contribution in [0, 0.1) is 0 Å². The predicted molar refractivity (Wildman–Crippen MR) is 114 cm³/mol. The fourth-order valence-corrected chi connectivity index (χ4v) is 3.48. The first-order valence-corrected chi connectivity index (χ1v) is 9.97. The molecule has 1 aliphatic carbocycles. The number of ether oxygens (including phenoxy) is 2. The van der Waals surface area contributed by atoms with Gasteiger partial charge in [0.2, 0.25) is 0 Å². The third-order valence-corrected chi connectivity index (χ3v) is 4.78. The Hall–Kier alpha value is -3.55. The van der Waals surface area contributed by atoms with Gasteiger partial charge in [0.15, 0.2) is 0 Å². The van der Waals surface area contributed by atoms with E-state index in [1.54, 1.807) is 20.8 Å². The number of carbonyl (C=O) groups is 3. The molecule has 8 nitrogen and oxygen atoms in total. The Balaban J connectivity index is 1.59. The minimum atomic E-state index is -1.36. The number of nitrogens with one attached hydrogen (secondary N) is 2. The van der Waals surface area contributed by atoms with Crippen molar-refractivity contribution in [3.05, 3.63) is 59.7 Å². The molecule has 2 aromatic rings. The van der Waals surface area contributed by atoms with Crippen molar-refractivity contribution in [1.82, 2.24) is 10.6 Å². The van der Waals surface area contributed by atoms with E-state index in [-0.39, 0.29) is 19.1 Å². The van der Waals surface area contributed by atoms with Crippen molar-refractivity contribution in [1.29, 1.82) is 0 Å². The van der Waals surface area contributed by atoms with E-state index in [9.17, 15) is 19.5 Å². The second-order valence-electron chi connectivity index (χ2n) is 8.24. The number of hydrogen-bond donors (Lipinski definition) is 3. The molecule has 0 fully saturated rings. The van der Waals surface area contributed by atoms with Crippen LogP contribution in [0.1, 0.15) is 37.8 Å². The smallest absolute Gasteiger partial charge is 0.407 e. The van der Waals surface area contributed by atoms with Crippen molar-refractivity contribution < 1.29 is 29.0 Å². The molecule has 0 aromatic heterocycles. The van der Waals surface area contributed by atoms with E-state index >= 15 is 0 Å². The summed E-state index contributed by atoms with van der Waals surface area (Å²) in [6.45, 7) is 4.79. The number of aliphatic carboxylic acids is 1. The van der Waals surface area contributed by atoms with Gasteiger partial charge in [-0.3, -0.25) is 0 Å². The molecule has 0 saturated heterocycles. The van der Waals surface area contributed by atoms with Crippen LogP contribution in [0.25, 0.3) is 11.1 Å². The van der Waals surface area contributed by atoms with Gasteiger partial charge in [-0.1, -0.05) is 48.5 Å². The first kappa shape index (κ1) is 22.1. The Bertz CT molecular complexity index is 937. The molecule has 0 saturated carbocycles. The number of fused-ring (bicyclic) bond motifs is 3. The highest BCUT2D eigenvalue weighted by atomic mass is 16.6. The standard InChI is InChI=1S/C23H26N2O6/c1-23(2,3)31-21(28)24-12-19(20(26)27)25-22(29)30-13-18-16-10-6-4-8-14(16)15-9-5-7-11-17(15)18/h4-11,18-19H,12-13H2,1-3H3,(H,24,28)(H,25,29)(H,26,27)/t19-/m1/s1. The van der Waals surface area contributed by atoms with Crippen molar-refractivity contribution in [2.75, 3.05) is 13.2 Å². The van der Waals surface area contributed by atoms with E-state index < -0.39 is 29.8 Å². The normalized spacial score (nSPS) is 13.5. The summed E-state index contributed by atoms with van der Waals surface area (Å²) in [5, 5.41) is 14.0. The molecule has 2 amide bonds. The van der Waals surface area contributed by atoms with Gasteiger partial charge in [0, 0.05) is 5.92 Å². The Morgan fingerprint density at radius 2 is 1.52 bits per heavy atom. The lowest BCUT2D eigenvalue weighted by atomic mass is 9.98. The molecule has 3 N–H and O–H groups in total. The molecule has 8 heteroatoms. The fourth-order valence-electron chi connectivity index (χ4n) is 3.48. The quantitative estimate of drug-likeness (QED) is 0.651. The molecule has 31 heavy (non-hydrogen) atoms. The molecule has 0 radical (unpaired) electrons. The van der Waals surface area contributed by atoms with E-state index in [4.69, 9.17) is 9.47 Å². The monoisotopic (exact) mass is 426 g/mol. The number of amides is 2. The molecule has 2 aromatic carbocycles. The van der Waals surface area contributed by atoms with Crippen LogP contribution in [0.15, 0.2) is 48.5 Å². The number of hydrogen-bond acceptors (Lipinski definition) is 5. The van der Waals surface area contributed by atoms with Crippen molar-refractivity contribution in [3.8, 4) is 11.1 Å². The Kier molecular flexibility index (Phi) is 6.48. The number of benzene rings is 2. The lowest BCUT2D eigenvalue weighted by Crippen LogP contribution is -2.49. The second kappa shape index (κ2) is 9.07. The highest BCUT2D eigenvalue weighted by molar-refractivity contribution is 5.81. The SMILES string of the molecule is CC(C)(C)OC(=O)NC[C@@H](NC(=O)OCC1c2ccccc2-c2ccccc21)C(=O)O. The number of carboxylic acids is 1. The van der Waals surface area contributed by atoms with Crippen LogP contribution in [-0.2, 0) is 14.3 Å². The maximum atomic E-state index is 12.3. The zero-order valence-corrected chi connectivity index (χ0v) is 17.7. The Morgan fingerprint density at radius 3 is 2.03 bits per heavy atom. The summed E-state index contributed by atoms with van der Waals surface area (Å²) in [7, 11) is 0. The summed E-state index contributed by atoms with van der Waals surface area (Å²) in [5.74, 6) is -1.44. The number of carbonyl (C=O) groups excluding carboxylic acids is 2. The van der Waals surface area contributed by atoms with Crippen molar-refractivity contribution >= 4 is 18.2 Å². The number of alkyl carbamates (subject to hydrolysis) is 2. The molecule has 0 heterocycles. The van der Waals surface area contributed by atoms with Gasteiger partial charge < -0.3 is 25.2 Å². The van der Waals surface area contributed by atoms with E-state index in [1.807, 2.05) is 48.5 Å². The maximum Gasteiger partial charge on any atom is 0.407 e. The van der Waals surface area contributed by atoms with Crippen molar-refractivity contribution in [2.45, 2.75) is 38.3 Å². The molecule has 3 rings (SSSR count). The third-order valence-electron chi connectivity index (χ3n) is 4.78. The van der Waals surface area contributed by atoms with Crippen LogP contribution in [0.5, 0.6) is 0 Å². The molecule has 0 aliphatic heterocycles. The molecule has 0 unspecified atom stereocenters. The summed E-state index contributed by atoms with van der Waals surface area (Å²) < 4.78 is 10.4.